The normalized spacial score (nSPS) is 8.93. The third-order valence-corrected chi connectivity index (χ3v) is 1.84. The first-order valence-electron chi connectivity index (χ1n) is 4.55. The fourth-order valence-electron chi connectivity index (χ4n) is 1.04. The van der Waals surface area contributed by atoms with Crippen molar-refractivity contribution in [3.63, 3.8) is 0 Å². The Bertz CT molecular complexity index is 338. The molecule has 0 radical (unpaired) electrons. The average Bonchev–Trinajstić information content (AvgIpc) is 2.25. The standard InChI is InChI=1S/C13H14O/c1-3-5-10-14-11-13-8-6-12(4-2)7-9-13/h4,6-9H,2,10-11H2,1H3. The molecule has 1 rings (SSSR count). The Hall–Kier alpha value is -1.52. The molecule has 0 bridgehead atoms. The quantitative estimate of drug-likeness (QED) is 0.519. The highest BCUT2D eigenvalue weighted by Gasteiger charge is 1.91. The van der Waals surface area contributed by atoms with Crippen molar-refractivity contribution in [2.24, 2.45) is 0 Å². The highest BCUT2D eigenvalue weighted by molar-refractivity contribution is 5.47. The van der Waals surface area contributed by atoms with Crippen molar-refractivity contribution in [1.82, 2.24) is 0 Å². The van der Waals surface area contributed by atoms with E-state index in [1.165, 1.54) is 0 Å². The lowest BCUT2D eigenvalue weighted by Crippen LogP contribution is -1.92. The van der Waals surface area contributed by atoms with Gasteiger partial charge in [-0.15, -0.1) is 5.92 Å². The molecule has 0 fully saturated rings. The van der Waals surface area contributed by atoms with Gasteiger partial charge in [0, 0.05) is 0 Å². The summed E-state index contributed by atoms with van der Waals surface area (Å²) in [5.41, 5.74) is 2.29. The van der Waals surface area contributed by atoms with Crippen molar-refractivity contribution in [3.05, 3.63) is 42.0 Å². The fourth-order valence-corrected chi connectivity index (χ4v) is 1.04. The summed E-state index contributed by atoms with van der Waals surface area (Å²) in [5, 5.41) is 0. The molecule has 0 saturated heterocycles. The second-order valence-corrected chi connectivity index (χ2v) is 2.87. The molecule has 0 aliphatic rings. The molecule has 72 valence electrons. The van der Waals surface area contributed by atoms with Crippen molar-refractivity contribution in [2.75, 3.05) is 6.61 Å². The topological polar surface area (TPSA) is 9.23 Å². The monoisotopic (exact) mass is 186 g/mol. The zero-order valence-electron chi connectivity index (χ0n) is 8.42. The Morgan fingerprint density at radius 2 is 2.07 bits per heavy atom. The number of benzene rings is 1. The first-order valence-corrected chi connectivity index (χ1v) is 4.55. The number of ether oxygens (including phenoxy) is 1. The van der Waals surface area contributed by atoms with E-state index in [0.717, 1.165) is 11.1 Å². The molecule has 0 aliphatic heterocycles. The Morgan fingerprint density at radius 3 is 2.64 bits per heavy atom. The second-order valence-electron chi connectivity index (χ2n) is 2.87. The van der Waals surface area contributed by atoms with Gasteiger partial charge in [-0.25, -0.2) is 0 Å². The van der Waals surface area contributed by atoms with Gasteiger partial charge in [0.25, 0.3) is 0 Å². The molecule has 0 unspecified atom stereocenters. The van der Waals surface area contributed by atoms with E-state index in [2.05, 4.69) is 18.4 Å². The minimum atomic E-state index is 0.500. The van der Waals surface area contributed by atoms with E-state index in [-0.39, 0.29) is 0 Å². The first-order chi connectivity index (χ1) is 6.86. The highest BCUT2D eigenvalue weighted by atomic mass is 16.5. The lowest BCUT2D eigenvalue weighted by molar-refractivity contribution is 0.153. The van der Waals surface area contributed by atoms with E-state index >= 15 is 0 Å². The van der Waals surface area contributed by atoms with E-state index in [9.17, 15) is 0 Å². The van der Waals surface area contributed by atoms with E-state index in [4.69, 9.17) is 4.74 Å². The van der Waals surface area contributed by atoms with E-state index < -0.39 is 0 Å². The van der Waals surface area contributed by atoms with Crippen LogP contribution in [0.15, 0.2) is 30.8 Å². The van der Waals surface area contributed by atoms with E-state index in [1.807, 2.05) is 37.3 Å². The van der Waals surface area contributed by atoms with Crippen molar-refractivity contribution in [2.45, 2.75) is 13.5 Å². The maximum Gasteiger partial charge on any atom is 0.108 e. The second kappa shape index (κ2) is 6.01. The number of hydrogen-bond acceptors (Lipinski definition) is 1. The summed E-state index contributed by atoms with van der Waals surface area (Å²) in [6.45, 7) is 6.62. The molecule has 0 atom stereocenters. The van der Waals surface area contributed by atoms with Gasteiger partial charge >= 0.3 is 0 Å². The highest BCUT2D eigenvalue weighted by Crippen LogP contribution is 2.06. The summed E-state index contributed by atoms with van der Waals surface area (Å²) >= 11 is 0. The first kappa shape index (κ1) is 10.6. The van der Waals surface area contributed by atoms with Gasteiger partial charge in [-0.05, 0) is 18.1 Å². The van der Waals surface area contributed by atoms with Crippen LogP contribution in [0.1, 0.15) is 18.1 Å². The third-order valence-electron chi connectivity index (χ3n) is 1.84. The van der Waals surface area contributed by atoms with Gasteiger partial charge in [0.05, 0.1) is 6.61 Å². The van der Waals surface area contributed by atoms with Gasteiger partial charge in [0.2, 0.25) is 0 Å². The molecule has 1 nitrogen and oxygen atoms in total. The molecule has 14 heavy (non-hydrogen) atoms. The van der Waals surface area contributed by atoms with Crippen LogP contribution in [-0.2, 0) is 11.3 Å². The molecule has 1 aromatic rings. The molecular weight excluding hydrogens is 172 g/mol. The van der Waals surface area contributed by atoms with Crippen LogP contribution in [0.2, 0.25) is 0 Å². The van der Waals surface area contributed by atoms with Gasteiger partial charge in [-0.2, -0.15) is 0 Å². The zero-order chi connectivity index (χ0) is 10.2. The third kappa shape index (κ3) is 3.47. The van der Waals surface area contributed by atoms with E-state index in [1.54, 1.807) is 0 Å². The van der Waals surface area contributed by atoms with Crippen LogP contribution < -0.4 is 0 Å². The minimum absolute atomic E-state index is 0.500. The van der Waals surface area contributed by atoms with Crippen molar-refractivity contribution < 1.29 is 4.74 Å². The van der Waals surface area contributed by atoms with Crippen LogP contribution in [0.25, 0.3) is 6.08 Å². The van der Waals surface area contributed by atoms with Crippen LogP contribution in [0.5, 0.6) is 0 Å². The maximum atomic E-state index is 5.33. The summed E-state index contributed by atoms with van der Waals surface area (Å²) in [6, 6.07) is 8.13. The van der Waals surface area contributed by atoms with Gasteiger partial charge in [-0.3, -0.25) is 0 Å². The lowest BCUT2D eigenvalue weighted by atomic mass is 10.1. The van der Waals surface area contributed by atoms with Gasteiger partial charge in [0.15, 0.2) is 0 Å². The average molecular weight is 186 g/mol. The fraction of sp³-hybridized carbons (Fsp3) is 0.231. The summed E-state index contributed by atoms with van der Waals surface area (Å²) in [4.78, 5) is 0. The van der Waals surface area contributed by atoms with Crippen LogP contribution >= 0.6 is 0 Å². The van der Waals surface area contributed by atoms with Crippen LogP contribution in [0.3, 0.4) is 0 Å². The maximum absolute atomic E-state index is 5.33. The van der Waals surface area contributed by atoms with Crippen LogP contribution in [0.4, 0.5) is 0 Å². The lowest BCUT2D eigenvalue weighted by Gasteiger charge is -2.01. The summed E-state index contributed by atoms with van der Waals surface area (Å²) in [7, 11) is 0. The molecule has 0 saturated carbocycles. The smallest absolute Gasteiger partial charge is 0.108 e. The predicted molar refractivity (Wildman–Crippen MR) is 59.6 cm³/mol. The minimum Gasteiger partial charge on any atom is -0.364 e. The number of hydrogen-bond donors (Lipinski definition) is 0. The molecule has 1 heteroatoms. The number of rotatable bonds is 4. The van der Waals surface area contributed by atoms with Crippen molar-refractivity contribution in [3.8, 4) is 11.8 Å². The van der Waals surface area contributed by atoms with Gasteiger partial charge < -0.3 is 4.74 Å². The predicted octanol–water partition coefficient (Wildman–Crippen LogP) is 2.87. The molecule has 0 aromatic heterocycles. The molecule has 0 spiro atoms. The largest absolute Gasteiger partial charge is 0.364 e. The molecule has 0 heterocycles. The Balaban J connectivity index is 2.42. The summed E-state index contributed by atoms with van der Waals surface area (Å²) in [6.07, 6.45) is 1.83. The SMILES string of the molecule is C=Cc1ccc(COCC#CC)cc1. The van der Waals surface area contributed by atoms with Crippen molar-refractivity contribution in [1.29, 1.82) is 0 Å². The summed E-state index contributed by atoms with van der Waals surface area (Å²) in [5.74, 6) is 5.64. The zero-order valence-corrected chi connectivity index (χ0v) is 8.42. The molecule has 0 amide bonds. The Kier molecular flexibility index (Phi) is 4.54. The molecule has 0 N–H and O–H groups in total. The Labute approximate surface area is 85.4 Å². The van der Waals surface area contributed by atoms with E-state index in [0.29, 0.717) is 13.2 Å². The molecular formula is C13H14O. The molecule has 0 aliphatic carbocycles. The van der Waals surface area contributed by atoms with Crippen LogP contribution in [0, 0.1) is 11.8 Å². The Morgan fingerprint density at radius 1 is 1.36 bits per heavy atom. The summed E-state index contributed by atoms with van der Waals surface area (Å²) < 4.78 is 5.33. The van der Waals surface area contributed by atoms with Gasteiger partial charge in [0.1, 0.15) is 6.61 Å². The van der Waals surface area contributed by atoms with Crippen molar-refractivity contribution >= 4 is 6.08 Å². The van der Waals surface area contributed by atoms with Gasteiger partial charge in [-0.1, -0.05) is 42.8 Å². The molecule has 1 aromatic carbocycles. The van der Waals surface area contributed by atoms with Crippen LogP contribution in [-0.4, -0.2) is 6.61 Å².